The monoisotopic (exact) mass is 405 g/mol. The second kappa shape index (κ2) is 9.52. The van der Waals surface area contributed by atoms with Crippen molar-refractivity contribution in [2.45, 2.75) is 71.5 Å². The van der Waals surface area contributed by atoms with Gasteiger partial charge in [0, 0.05) is 83.6 Å². The van der Waals surface area contributed by atoms with Gasteiger partial charge in [0.2, 0.25) is 0 Å². The first-order valence-electron chi connectivity index (χ1n) is 12.6. The third kappa shape index (κ3) is 5.74. The molecule has 0 N–H and O–H groups in total. The number of rotatable bonds is 7. The maximum Gasteiger partial charge on any atom is 0.0121 e. The summed E-state index contributed by atoms with van der Waals surface area (Å²) < 4.78 is 0. The van der Waals surface area contributed by atoms with Gasteiger partial charge in [0.05, 0.1) is 0 Å². The normalized spacial score (nSPS) is 29.2. The molecule has 0 aromatic heterocycles. The lowest BCUT2D eigenvalue weighted by atomic mass is 10.0. The largest absolute Gasteiger partial charge is 0.301 e. The van der Waals surface area contributed by atoms with Crippen LogP contribution in [-0.2, 0) is 0 Å². The summed E-state index contributed by atoms with van der Waals surface area (Å²) in [7, 11) is 0. The van der Waals surface area contributed by atoms with Gasteiger partial charge in [0.25, 0.3) is 0 Å². The lowest BCUT2D eigenvalue weighted by molar-refractivity contribution is 0.0382. The van der Waals surface area contributed by atoms with Crippen LogP contribution in [0.1, 0.15) is 53.4 Å². The third-order valence-corrected chi connectivity index (χ3v) is 8.36. The van der Waals surface area contributed by atoms with Crippen LogP contribution in [0, 0.1) is 5.41 Å². The third-order valence-electron chi connectivity index (χ3n) is 8.36. The predicted octanol–water partition coefficient (Wildman–Crippen LogP) is 2.28. The summed E-state index contributed by atoms with van der Waals surface area (Å²) in [6, 6.07) is 2.27. The van der Waals surface area contributed by atoms with Crippen molar-refractivity contribution < 1.29 is 0 Å². The molecule has 4 rings (SSSR count). The van der Waals surface area contributed by atoms with Crippen molar-refractivity contribution in [2.24, 2.45) is 5.41 Å². The van der Waals surface area contributed by atoms with E-state index in [1.807, 2.05) is 0 Å². The summed E-state index contributed by atoms with van der Waals surface area (Å²) in [6.45, 7) is 25.0. The van der Waals surface area contributed by atoms with E-state index in [2.05, 4.69) is 52.2 Å². The highest BCUT2D eigenvalue weighted by atomic mass is 15.3. The summed E-state index contributed by atoms with van der Waals surface area (Å²) in [5.74, 6) is 0. The van der Waals surface area contributed by atoms with Gasteiger partial charge in [-0.15, -0.1) is 0 Å². The molecule has 0 bridgehead atoms. The van der Waals surface area contributed by atoms with Crippen molar-refractivity contribution in [3.05, 3.63) is 0 Å². The first-order chi connectivity index (χ1) is 13.9. The van der Waals surface area contributed by atoms with Crippen LogP contribution in [0.15, 0.2) is 0 Å². The lowest BCUT2D eigenvalue weighted by Gasteiger charge is -2.44. The molecule has 0 unspecified atom stereocenters. The maximum absolute atomic E-state index is 2.82. The Morgan fingerprint density at radius 3 is 1.52 bits per heavy atom. The Morgan fingerprint density at radius 1 is 0.621 bits per heavy atom. The molecule has 0 radical (unpaired) electrons. The molecule has 29 heavy (non-hydrogen) atoms. The molecule has 0 spiro atoms. The molecule has 0 aromatic carbocycles. The predicted molar refractivity (Wildman–Crippen MR) is 123 cm³/mol. The van der Waals surface area contributed by atoms with Gasteiger partial charge in [-0.2, -0.15) is 0 Å². The van der Waals surface area contributed by atoms with E-state index in [1.54, 1.807) is 0 Å². The Kier molecular flexibility index (Phi) is 7.22. The number of piperidine rings is 1. The zero-order chi connectivity index (χ0) is 20.4. The molecule has 3 saturated heterocycles. The maximum atomic E-state index is 2.82. The second-order valence-corrected chi connectivity index (χ2v) is 11.1. The van der Waals surface area contributed by atoms with E-state index in [1.165, 1.54) is 104 Å². The topological polar surface area (TPSA) is 16.2 Å². The summed E-state index contributed by atoms with van der Waals surface area (Å²) in [5, 5.41) is 0. The van der Waals surface area contributed by atoms with Gasteiger partial charge in [-0.3, -0.25) is 9.80 Å². The SMILES string of the molecule is CC(C)N1CCC(N2CCN(CC3(CN4CCN(C(C)C)CC4)CC3)CC2)CC1. The fourth-order valence-electron chi connectivity index (χ4n) is 5.98. The standard InChI is InChI=1S/C24H47N5/c1-21(2)27-9-5-23(6-10-27)29-17-13-26(14-18-29)20-24(7-8-24)19-25-11-15-28(16-12-25)22(3)4/h21-23H,5-20H2,1-4H3. The highest BCUT2D eigenvalue weighted by molar-refractivity contribution is 4.99. The number of hydrogen-bond acceptors (Lipinski definition) is 5. The Bertz CT molecular complexity index is 493. The summed E-state index contributed by atoms with van der Waals surface area (Å²) in [4.78, 5) is 13.7. The van der Waals surface area contributed by atoms with Crippen molar-refractivity contribution in [3.8, 4) is 0 Å². The fraction of sp³-hybridized carbons (Fsp3) is 1.00. The highest BCUT2D eigenvalue weighted by Gasteiger charge is 2.45. The Morgan fingerprint density at radius 2 is 1.07 bits per heavy atom. The molecule has 0 atom stereocenters. The minimum absolute atomic E-state index is 0.630. The minimum Gasteiger partial charge on any atom is -0.301 e. The minimum atomic E-state index is 0.630. The van der Waals surface area contributed by atoms with Crippen molar-refractivity contribution in [1.29, 1.82) is 0 Å². The molecular weight excluding hydrogens is 358 g/mol. The van der Waals surface area contributed by atoms with E-state index in [0.717, 1.165) is 12.1 Å². The van der Waals surface area contributed by atoms with Crippen LogP contribution in [0.5, 0.6) is 0 Å². The zero-order valence-corrected chi connectivity index (χ0v) is 19.8. The molecule has 0 amide bonds. The van der Waals surface area contributed by atoms with Gasteiger partial charge in [-0.05, 0) is 71.9 Å². The Balaban J connectivity index is 1.16. The number of piperazine rings is 2. The van der Waals surface area contributed by atoms with Crippen molar-refractivity contribution in [3.63, 3.8) is 0 Å². The van der Waals surface area contributed by atoms with Crippen LogP contribution in [0.25, 0.3) is 0 Å². The molecule has 3 aliphatic heterocycles. The highest BCUT2D eigenvalue weighted by Crippen LogP contribution is 2.47. The number of hydrogen-bond donors (Lipinski definition) is 0. The second-order valence-electron chi connectivity index (χ2n) is 11.1. The molecule has 1 saturated carbocycles. The average Bonchev–Trinajstić information content (AvgIpc) is 3.48. The van der Waals surface area contributed by atoms with Gasteiger partial charge in [-0.25, -0.2) is 0 Å². The fourth-order valence-corrected chi connectivity index (χ4v) is 5.98. The van der Waals surface area contributed by atoms with Gasteiger partial charge in [0.15, 0.2) is 0 Å². The number of likely N-dealkylation sites (tertiary alicyclic amines) is 1. The zero-order valence-electron chi connectivity index (χ0n) is 19.8. The molecule has 5 nitrogen and oxygen atoms in total. The first-order valence-corrected chi connectivity index (χ1v) is 12.6. The van der Waals surface area contributed by atoms with E-state index in [0.29, 0.717) is 11.5 Å². The van der Waals surface area contributed by atoms with Gasteiger partial charge < -0.3 is 14.7 Å². The molecule has 1 aliphatic carbocycles. The Labute approximate surface area is 180 Å². The van der Waals surface area contributed by atoms with Crippen LogP contribution >= 0.6 is 0 Å². The molecule has 168 valence electrons. The quantitative estimate of drug-likeness (QED) is 0.644. The van der Waals surface area contributed by atoms with Crippen LogP contribution in [0.4, 0.5) is 0 Å². The molecule has 3 heterocycles. The van der Waals surface area contributed by atoms with E-state index in [-0.39, 0.29) is 0 Å². The summed E-state index contributed by atoms with van der Waals surface area (Å²) in [5.41, 5.74) is 0.630. The van der Waals surface area contributed by atoms with Crippen molar-refractivity contribution in [1.82, 2.24) is 24.5 Å². The van der Waals surface area contributed by atoms with E-state index in [4.69, 9.17) is 0 Å². The summed E-state index contributed by atoms with van der Waals surface area (Å²) >= 11 is 0. The molecular formula is C24H47N5. The number of nitrogens with zero attached hydrogens (tertiary/aromatic N) is 5. The summed E-state index contributed by atoms with van der Waals surface area (Å²) in [6.07, 6.45) is 5.69. The van der Waals surface area contributed by atoms with Crippen LogP contribution < -0.4 is 0 Å². The molecule has 0 aromatic rings. The van der Waals surface area contributed by atoms with Crippen molar-refractivity contribution in [2.75, 3.05) is 78.5 Å². The van der Waals surface area contributed by atoms with Gasteiger partial charge in [0.1, 0.15) is 0 Å². The van der Waals surface area contributed by atoms with Gasteiger partial charge in [-0.1, -0.05) is 0 Å². The van der Waals surface area contributed by atoms with E-state index < -0.39 is 0 Å². The van der Waals surface area contributed by atoms with Crippen LogP contribution in [0.2, 0.25) is 0 Å². The van der Waals surface area contributed by atoms with Crippen LogP contribution in [-0.4, -0.2) is 121 Å². The van der Waals surface area contributed by atoms with E-state index >= 15 is 0 Å². The van der Waals surface area contributed by atoms with Crippen molar-refractivity contribution >= 4 is 0 Å². The average molecular weight is 406 g/mol. The molecule has 4 aliphatic rings. The Hall–Kier alpha value is -0.200. The first kappa shape index (κ1) is 22.0. The van der Waals surface area contributed by atoms with E-state index in [9.17, 15) is 0 Å². The van der Waals surface area contributed by atoms with Crippen LogP contribution in [0.3, 0.4) is 0 Å². The molecule has 4 fully saturated rings. The lowest BCUT2D eigenvalue weighted by Crippen LogP contribution is -2.55. The van der Waals surface area contributed by atoms with Gasteiger partial charge >= 0.3 is 0 Å². The molecule has 5 heteroatoms. The smallest absolute Gasteiger partial charge is 0.0121 e.